The van der Waals surface area contributed by atoms with Gasteiger partial charge >= 0.3 is 0 Å². The molecule has 2 saturated heterocycles. The number of rotatable bonds is 9. The molecule has 3 heterocycles. The summed E-state index contributed by atoms with van der Waals surface area (Å²) in [5, 5.41) is 6.06. The molecule has 2 aromatic rings. The molecule has 2 aromatic carbocycles. The highest BCUT2D eigenvalue weighted by atomic mass is 19.1. The molecule has 2 bridgehead atoms. The molecule has 3 fully saturated rings. The fourth-order valence-corrected chi connectivity index (χ4v) is 7.44. The Morgan fingerprint density at radius 1 is 1.00 bits per heavy atom. The minimum absolute atomic E-state index is 0.0373. The molecule has 10 heteroatoms. The van der Waals surface area contributed by atoms with Crippen molar-refractivity contribution in [3.63, 3.8) is 0 Å². The Bertz CT molecular complexity index is 1440. The zero-order chi connectivity index (χ0) is 30.4. The highest BCUT2D eigenvalue weighted by Crippen LogP contribution is 2.59. The van der Waals surface area contributed by atoms with Crippen LogP contribution in [0, 0.1) is 17.7 Å². The van der Waals surface area contributed by atoms with Crippen molar-refractivity contribution in [1.82, 2.24) is 10.2 Å². The zero-order valence-corrected chi connectivity index (χ0v) is 24.7. The molecular formula is C33H38FN3O6. The van der Waals surface area contributed by atoms with Crippen LogP contribution in [-0.4, -0.2) is 66.7 Å². The number of amides is 3. The van der Waals surface area contributed by atoms with Gasteiger partial charge in [0.25, 0.3) is 0 Å². The van der Waals surface area contributed by atoms with Crippen molar-refractivity contribution >= 4 is 23.4 Å². The number of nitrogens with zero attached hydrogens (tertiary/aromatic N) is 1. The molecule has 1 spiro atoms. The molecule has 3 amide bonds. The maximum absolute atomic E-state index is 14.3. The highest BCUT2D eigenvalue weighted by molar-refractivity contribution is 6.03. The Balaban J connectivity index is 1.31. The van der Waals surface area contributed by atoms with Crippen molar-refractivity contribution in [3.05, 3.63) is 66.0 Å². The first kappa shape index (κ1) is 29.2. The number of halogens is 1. The Kier molecular flexibility index (Phi) is 7.66. The third-order valence-corrected chi connectivity index (χ3v) is 9.48. The quantitative estimate of drug-likeness (QED) is 0.427. The van der Waals surface area contributed by atoms with Gasteiger partial charge in [-0.3, -0.25) is 14.4 Å². The van der Waals surface area contributed by atoms with Gasteiger partial charge in [-0.2, -0.15) is 0 Å². The predicted molar refractivity (Wildman–Crippen MR) is 157 cm³/mol. The summed E-state index contributed by atoms with van der Waals surface area (Å²) < 4.78 is 30.9. The van der Waals surface area contributed by atoms with Gasteiger partial charge in [0.05, 0.1) is 31.7 Å². The molecule has 228 valence electrons. The standard InChI is InChI=1S/C33H38FN3O6/c1-32-16-17-33(43-32)27(26(32)29(38)35-23-12-10-21(34)11-13-23)31(40)37(28(33)30(39)36-22-7-5-4-6-8-22)18-15-20-9-14-24(41-2)25(19-20)42-3/h9-14,16-17,19,22,26-28H,4-8,15,18H2,1-3H3,(H,35,38)(H,36,39)/t26-,27-,28-,32-,33+/m1/s1. The first-order chi connectivity index (χ1) is 20.7. The Hall–Kier alpha value is -3.92. The number of hydrogen-bond donors (Lipinski definition) is 2. The zero-order valence-electron chi connectivity index (χ0n) is 24.7. The van der Waals surface area contributed by atoms with Gasteiger partial charge in [0, 0.05) is 18.3 Å². The second kappa shape index (κ2) is 11.3. The van der Waals surface area contributed by atoms with Crippen molar-refractivity contribution in [3.8, 4) is 11.5 Å². The predicted octanol–water partition coefficient (Wildman–Crippen LogP) is 4.01. The molecule has 0 unspecified atom stereocenters. The minimum Gasteiger partial charge on any atom is -0.493 e. The summed E-state index contributed by atoms with van der Waals surface area (Å²) in [6, 6.07) is 10.1. The maximum atomic E-state index is 14.3. The van der Waals surface area contributed by atoms with E-state index in [1.54, 1.807) is 26.0 Å². The SMILES string of the molecule is COc1ccc(CCN2C(=O)[C@H]3[C@H](C(=O)Nc4ccc(F)cc4)[C@@]4(C)C=C[C@@]3(O4)[C@H]2C(=O)NC2CCCCC2)cc1OC. The summed E-state index contributed by atoms with van der Waals surface area (Å²) in [4.78, 5) is 43.8. The van der Waals surface area contributed by atoms with Crippen molar-refractivity contribution < 1.29 is 33.0 Å². The van der Waals surface area contributed by atoms with Crippen LogP contribution in [0.25, 0.3) is 0 Å². The van der Waals surface area contributed by atoms with Crippen LogP contribution in [0.3, 0.4) is 0 Å². The topological polar surface area (TPSA) is 106 Å². The van der Waals surface area contributed by atoms with Gasteiger partial charge in [0.15, 0.2) is 11.5 Å². The largest absolute Gasteiger partial charge is 0.493 e. The van der Waals surface area contributed by atoms with Gasteiger partial charge in [-0.1, -0.05) is 37.5 Å². The summed E-state index contributed by atoms with van der Waals surface area (Å²) in [6.07, 6.45) is 9.11. The van der Waals surface area contributed by atoms with E-state index in [0.29, 0.717) is 23.6 Å². The molecule has 1 aliphatic carbocycles. The summed E-state index contributed by atoms with van der Waals surface area (Å²) in [5.74, 6) is -1.99. The molecule has 43 heavy (non-hydrogen) atoms. The smallest absolute Gasteiger partial charge is 0.246 e. The van der Waals surface area contributed by atoms with Gasteiger partial charge < -0.3 is 29.7 Å². The Morgan fingerprint density at radius 2 is 1.72 bits per heavy atom. The average Bonchev–Trinajstić information content (AvgIpc) is 3.57. The van der Waals surface area contributed by atoms with Gasteiger partial charge in [-0.15, -0.1) is 0 Å². The lowest BCUT2D eigenvalue weighted by Gasteiger charge is -2.34. The number of nitrogens with one attached hydrogen (secondary N) is 2. The first-order valence-electron chi connectivity index (χ1n) is 15.0. The summed E-state index contributed by atoms with van der Waals surface area (Å²) >= 11 is 0. The third kappa shape index (κ3) is 5.05. The molecule has 3 aliphatic heterocycles. The average molecular weight is 592 g/mol. The molecular weight excluding hydrogens is 553 g/mol. The summed E-state index contributed by atoms with van der Waals surface area (Å²) in [5.41, 5.74) is -1.04. The van der Waals surface area contributed by atoms with Crippen LogP contribution >= 0.6 is 0 Å². The van der Waals surface area contributed by atoms with Crippen molar-refractivity contribution in [2.75, 3.05) is 26.1 Å². The van der Waals surface area contributed by atoms with Crippen LogP contribution in [0.4, 0.5) is 10.1 Å². The monoisotopic (exact) mass is 591 g/mol. The van der Waals surface area contributed by atoms with Crippen LogP contribution in [0.15, 0.2) is 54.6 Å². The maximum Gasteiger partial charge on any atom is 0.246 e. The van der Waals surface area contributed by atoms with Crippen LogP contribution < -0.4 is 20.1 Å². The summed E-state index contributed by atoms with van der Waals surface area (Å²) in [6.45, 7) is 2.03. The van der Waals surface area contributed by atoms with E-state index >= 15 is 0 Å². The van der Waals surface area contributed by atoms with E-state index in [-0.39, 0.29) is 24.4 Å². The van der Waals surface area contributed by atoms with Gasteiger partial charge in [-0.25, -0.2) is 4.39 Å². The number of benzene rings is 2. The molecule has 9 nitrogen and oxygen atoms in total. The highest BCUT2D eigenvalue weighted by Gasteiger charge is 2.76. The van der Waals surface area contributed by atoms with E-state index in [0.717, 1.165) is 37.7 Å². The number of hydrogen-bond acceptors (Lipinski definition) is 6. The van der Waals surface area contributed by atoms with Crippen molar-refractivity contribution in [2.45, 2.75) is 68.7 Å². The molecule has 0 aromatic heterocycles. The van der Waals surface area contributed by atoms with E-state index in [1.807, 2.05) is 30.4 Å². The Morgan fingerprint density at radius 3 is 2.42 bits per heavy atom. The second-order valence-corrected chi connectivity index (χ2v) is 12.1. The van der Waals surface area contributed by atoms with Crippen LogP contribution in [-0.2, 0) is 25.5 Å². The lowest BCUT2D eigenvalue weighted by atomic mass is 9.70. The second-order valence-electron chi connectivity index (χ2n) is 12.1. The van der Waals surface area contributed by atoms with Gasteiger partial charge in [0.1, 0.15) is 17.5 Å². The molecule has 4 aliphatic rings. The van der Waals surface area contributed by atoms with Crippen LogP contribution in [0.1, 0.15) is 44.6 Å². The molecule has 2 N–H and O–H groups in total. The molecule has 5 atom stereocenters. The molecule has 1 saturated carbocycles. The number of carbonyl (C=O) groups is 3. The number of anilines is 1. The number of carbonyl (C=O) groups excluding carboxylic acids is 3. The van der Waals surface area contributed by atoms with Gasteiger partial charge in [-0.05, 0) is 68.1 Å². The van der Waals surface area contributed by atoms with E-state index in [9.17, 15) is 18.8 Å². The first-order valence-corrected chi connectivity index (χ1v) is 15.0. The van der Waals surface area contributed by atoms with Crippen LogP contribution in [0.5, 0.6) is 11.5 Å². The number of methoxy groups -OCH3 is 2. The Labute approximate surface area is 250 Å². The van der Waals surface area contributed by atoms with Crippen molar-refractivity contribution in [2.24, 2.45) is 11.8 Å². The summed E-state index contributed by atoms with van der Waals surface area (Å²) in [7, 11) is 3.13. The molecule has 0 radical (unpaired) electrons. The number of likely N-dealkylation sites (tertiary alicyclic amines) is 1. The van der Waals surface area contributed by atoms with E-state index in [4.69, 9.17) is 14.2 Å². The van der Waals surface area contributed by atoms with Gasteiger partial charge in [0.2, 0.25) is 17.7 Å². The normalized spacial score (nSPS) is 29.4. The molecule has 6 rings (SSSR count). The number of fused-ring (bicyclic) bond motifs is 1. The van der Waals surface area contributed by atoms with Crippen LogP contribution in [0.2, 0.25) is 0 Å². The lowest BCUT2D eigenvalue weighted by Crippen LogP contribution is -2.57. The minimum atomic E-state index is -1.28. The fourth-order valence-electron chi connectivity index (χ4n) is 7.44. The third-order valence-electron chi connectivity index (χ3n) is 9.48. The van der Waals surface area contributed by atoms with E-state index in [2.05, 4.69) is 10.6 Å². The van der Waals surface area contributed by atoms with E-state index in [1.165, 1.54) is 24.3 Å². The number of ether oxygens (including phenoxy) is 3. The lowest BCUT2D eigenvalue weighted by molar-refractivity contribution is -0.144. The van der Waals surface area contributed by atoms with Crippen molar-refractivity contribution in [1.29, 1.82) is 0 Å². The van der Waals surface area contributed by atoms with E-state index < -0.39 is 40.8 Å². The fraction of sp³-hybridized carbons (Fsp3) is 0.485.